The van der Waals surface area contributed by atoms with Crippen molar-refractivity contribution in [2.75, 3.05) is 32.1 Å². The minimum Gasteiger partial charge on any atom is -0.481 e. The second-order valence-corrected chi connectivity index (χ2v) is 7.21. The Morgan fingerprint density at radius 3 is 3.04 bits per heavy atom. The molecule has 2 aliphatic heterocycles. The molecule has 0 radical (unpaired) electrons. The molecular weight excluding hydrogens is 328 g/mol. The van der Waals surface area contributed by atoms with Crippen LogP contribution in [0.2, 0.25) is 0 Å². The zero-order chi connectivity index (χ0) is 17.8. The molecule has 4 rings (SSSR count). The van der Waals surface area contributed by atoms with Crippen LogP contribution in [0.5, 0.6) is 5.88 Å². The van der Waals surface area contributed by atoms with Gasteiger partial charge in [-0.1, -0.05) is 12.1 Å². The van der Waals surface area contributed by atoms with E-state index in [1.54, 1.807) is 13.3 Å². The molecule has 2 saturated heterocycles. The Labute approximate surface area is 154 Å². The van der Waals surface area contributed by atoms with Gasteiger partial charge < -0.3 is 14.8 Å². The molecule has 0 aromatic carbocycles. The minimum absolute atomic E-state index is 0.0554. The number of anilines is 1. The second kappa shape index (κ2) is 7.60. The number of nitrogens with one attached hydrogen (secondary N) is 1. The van der Waals surface area contributed by atoms with Crippen molar-refractivity contribution in [1.29, 1.82) is 0 Å². The highest BCUT2D eigenvalue weighted by Crippen LogP contribution is 2.36. The van der Waals surface area contributed by atoms with Gasteiger partial charge in [0, 0.05) is 50.2 Å². The average molecular weight is 354 g/mol. The van der Waals surface area contributed by atoms with Gasteiger partial charge in [-0.2, -0.15) is 0 Å². The highest BCUT2D eigenvalue weighted by molar-refractivity contribution is 5.35. The fraction of sp³-hybridized carbons (Fsp3) is 0.500. The summed E-state index contributed by atoms with van der Waals surface area (Å²) in [5.74, 6) is 1.66. The van der Waals surface area contributed by atoms with Crippen molar-refractivity contribution >= 4 is 5.82 Å². The van der Waals surface area contributed by atoms with Crippen LogP contribution in [0.4, 0.5) is 5.82 Å². The van der Waals surface area contributed by atoms with Crippen LogP contribution in [0.15, 0.2) is 42.7 Å². The predicted octanol–water partition coefficient (Wildman–Crippen LogP) is 2.72. The summed E-state index contributed by atoms with van der Waals surface area (Å²) in [6.45, 7) is 3.63. The Bertz CT molecular complexity index is 727. The lowest BCUT2D eigenvalue weighted by Crippen LogP contribution is -2.46. The van der Waals surface area contributed by atoms with Gasteiger partial charge in [-0.25, -0.2) is 9.97 Å². The third kappa shape index (κ3) is 3.81. The van der Waals surface area contributed by atoms with E-state index in [1.807, 2.05) is 30.5 Å². The maximum absolute atomic E-state index is 6.27. The lowest BCUT2D eigenvalue weighted by Gasteiger charge is -2.38. The van der Waals surface area contributed by atoms with Gasteiger partial charge in [0.1, 0.15) is 5.82 Å². The van der Waals surface area contributed by atoms with E-state index in [1.165, 1.54) is 0 Å². The first-order valence-corrected chi connectivity index (χ1v) is 9.28. The van der Waals surface area contributed by atoms with Crippen molar-refractivity contribution in [3.05, 3.63) is 48.3 Å². The maximum atomic E-state index is 6.27. The number of nitrogens with zero attached hydrogens (tertiary/aromatic N) is 3. The zero-order valence-electron chi connectivity index (χ0n) is 15.2. The maximum Gasteiger partial charge on any atom is 0.217 e. The molecule has 2 atom stereocenters. The minimum atomic E-state index is -0.0554. The summed E-state index contributed by atoms with van der Waals surface area (Å²) in [7, 11) is 1.68. The molecule has 0 aliphatic carbocycles. The Morgan fingerprint density at radius 2 is 2.19 bits per heavy atom. The van der Waals surface area contributed by atoms with E-state index in [9.17, 15) is 0 Å². The normalized spacial score (nSPS) is 26.1. The summed E-state index contributed by atoms with van der Waals surface area (Å²) in [6.07, 6.45) is 6.71. The predicted molar refractivity (Wildman–Crippen MR) is 100 cm³/mol. The summed E-state index contributed by atoms with van der Waals surface area (Å²) < 4.78 is 11.7. The SMILES string of the molecule is COc1ncccc1CN1CC[C@@]2(C[C@H](Nc3ccccn3)CCO2)C1. The lowest BCUT2D eigenvalue weighted by molar-refractivity contribution is -0.0737. The third-order valence-corrected chi connectivity index (χ3v) is 5.34. The van der Waals surface area contributed by atoms with E-state index < -0.39 is 0 Å². The Balaban J connectivity index is 1.38. The van der Waals surface area contributed by atoms with Gasteiger partial charge in [-0.3, -0.25) is 4.90 Å². The topological polar surface area (TPSA) is 59.5 Å². The molecule has 2 fully saturated rings. The smallest absolute Gasteiger partial charge is 0.217 e. The summed E-state index contributed by atoms with van der Waals surface area (Å²) in [5.41, 5.74) is 1.08. The van der Waals surface area contributed by atoms with E-state index in [0.717, 1.165) is 56.9 Å². The van der Waals surface area contributed by atoms with Gasteiger partial charge in [-0.05, 0) is 37.5 Å². The quantitative estimate of drug-likeness (QED) is 0.891. The fourth-order valence-corrected chi connectivity index (χ4v) is 4.12. The fourth-order valence-electron chi connectivity index (χ4n) is 4.12. The number of likely N-dealkylation sites (tertiary alicyclic amines) is 1. The van der Waals surface area contributed by atoms with Crippen LogP contribution in [0.1, 0.15) is 24.8 Å². The number of pyridine rings is 2. The first kappa shape index (κ1) is 17.2. The largest absolute Gasteiger partial charge is 0.481 e. The Kier molecular flexibility index (Phi) is 5.04. The third-order valence-electron chi connectivity index (χ3n) is 5.34. The van der Waals surface area contributed by atoms with Crippen LogP contribution in [0, 0.1) is 0 Å². The molecule has 4 heterocycles. The molecule has 1 spiro atoms. The zero-order valence-corrected chi connectivity index (χ0v) is 15.2. The van der Waals surface area contributed by atoms with Crippen molar-refractivity contribution in [3.8, 4) is 5.88 Å². The van der Waals surface area contributed by atoms with E-state index in [0.29, 0.717) is 11.9 Å². The summed E-state index contributed by atoms with van der Waals surface area (Å²) in [5, 5.41) is 3.58. The average Bonchev–Trinajstić information content (AvgIpc) is 3.04. The molecule has 0 bridgehead atoms. The van der Waals surface area contributed by atoms with E-state index >= 15 is 0 Å². The molecule has 6 nitrogen and oxygen atoms in total. The van der Waals surface area contributed by atoms with Crippen LogP contribution in [0.25, 0.3) is 0 Å². The molecule has 2 aliphatic rings. The number of ether oxygens (including phenoxy) is 2. The molecule has 2 aromatic rings. The summed E-state index contributed by atoms with van der Waals surface area (Å²) in [6, 6.07) is 10.4. The van der Waals surface area contributed by atoms with Crippen LogP contribution < -0.4 is 10.1 Å². The number of hydrogen-bond acceptors (Lipinski definition) is 6. The number of rotatable bonds is 5. The van der Waals surface area contributed by atoms with Gasteiger partial charge >= 0.3 is 0 Å². The molecule has 0 saturated carbocycles. The highest BCUT2D eigenvalue weighted by Gasteiger charge is 2.43. The molecule has 26 heavy (non-hydrogen) atoms. The molecule has 0 amide bonds. The van der Waals surface area contributed by atoms with Crippen LogP contribution in [-0.4, -0.2) is 53.3 Å². The molecule has 2 aromatic heterocycles. The van der Waals surface area contributed by atoms with Crippen molar-refractivity contribution in [2.24, 2.45) is 0 Å². The van der Waals surface area contributed by atoms with E-state index in [4.69, 9.17) is 9.47 Å². The Hall–Kier alpha value is -2.18. The van der Waals surface area contributed by atoms with Gasteiger partial charge in [0.05, 0.1) is 12.7 Å². The standard InChI is InChI=1S/C20H26N4O2/c1-25-19-16(5-4-10-22-19)14-24-11-8-20(15-24)13-17(7-12-26-20)23-18-6-2-3-9-21-18/h2-6,9-10,17H,7-8,11-15H2,1H3,(H,21,23)/t17-,20-/m1/s1. The summed E-state index contributed by atoms with van der Waals surface area (Å²) >= 11 is 0. The van der Waals surface area contributed by atoms with Crippen molar-refractivity contribution in [2.45, 2.75) is 37.5 Å². The first-order valence-electron chi connectivity index (χ1n) is 9.28. The Morgan fingerprint density at radius 1 is 1.27 bits per heavy atom. The number of hydrogen-bond donors (Lipinski definition) is 1. The monoisotopic (exact) mass is 354 g/mol. The molecule has 138 valence electrons. The van der Waals surface area contributed by atoms with E-state index in [2.05, 4.69) is 26.3 Å². The lowest BCUT2D eigenvalue weighted by atomic mass is 9.89. The van der Waals surface area contributed by atoms with Gasteiger partial charge in [0.15, 0.2) is 0 Å². The van der Waals surface area contributed by atoms with Gasteiger partial charge in [-0.15, -0.1) is 0 Å². The van der Waals surface area contributed by atoms with Gasteiger partial charge in [0.25, 0.3) is 0 Å². The van der Waals surface area contributed by atoms with Crippen molar-refractivity contribution < 1.29 is 9.47 Å². The molecule has 0 unspecified atom stereocenters. The number of methoxy groups -OCH3 is 1. The van der Waals surface area contributed by atoms with Crippen LogP contribution in [-0.2, 0) is 11.3 Å². The summed E-state index contributed by atoms with van der Waals surface area (Å²) in [4.78, 5) is 11.1. The molecular formula is C20H26N4O2. The van der Waals surface area contributed by atoms with Crippen LogP contribution in [0.3, 0.4) is 0 Å². The van der Waals surface area contributed by atoms with Crippen molar-refractivity contribution in [3.63, 3.8) is 0 Å². The van der Waals surface area contributed by atoms with E-state index in [-0.39, 0.29) is 5.60 Å². The van der Waals surface area contributed by atoms with Gasteiger partial charge in [0.2, 0.25) is 5.88 Å². The highest BCUT2D eigenvalue weighted by atomic mass is 16.5. The van der Waals surface area contributed by atoms with Crippen LogP contribution >= 0.6 is 0 Å². The second-order valence-electron chi connectivity index (χ2n) is 7.21. The number of aromatic nitrogens is 2. The first-order chi connectivity index (χ1) is 12.8. The molecule has 6 heteroatoms. The van der Waals surface area contributed by atoms with Crippen molar-refractivity contribution in [1.82, 2.24) is 14.9 Å². The molecule has 1 N–H and O–H groups in total.